The number of nitrogens with zero attached hydrogens (tertiary/aromatic N) is 1. The van der Waals surface area contributed by atoms with Gasteiger partial charge in [0.1, 0.15) is 0 Å². The van der Waals surface area contributed by atoms with Crippen LogP contribution in [0.1, 0.15) is 33.7 Å². The molecule has 9 aromatic rings. The molecule has 0 fully saturated rings. The fourth-order valence-corrected chi connectivity index (χ4v) is 7.92. The molecule has 0 saturated carbocycles. The van der Waals surface area contributed by atoms with E-state index in [-0.39, 0.29) is 5.92 Å². The molecule has 0 amide bonds. The van der Waals surface area contributed by atoms with Crippen LogP contribution in [-0.2, 0) is 0 Å². The van der Waals surface area contributed by atoms with Crippen LogP contribution in [-0.4, -0.2) is 12.3 Å². The van der Waals surface area contributed by atoms with E-state index < -0.39 is 0 Å². The van der Waals surface area contributed by atoms with Crippen molar-refractivity contribution in [3.05, 3.63) is 216 Å². The average molecular weight is 652 g/mol. The Bertz CT molecular complexity index is 2670. The van der Waals surface area contributed by atoms with Crippen LogP contribution in [0.3, 0.4) is 0 Å². The van der Waals surface area contributed by atoms with E-state index in [0.717, 1.165) is 11.3 Å². The smallest absolute Gasteiger partial charge is 0.0721 e. The average Bonchev–Trinajstić information content (AvgIpc) is 3.19. The molecule has 0 saturated heterocycles. The summed E-state index contributed by atoms with van der Waals surface area (Å²) in [6.45, 7) is 2.79. The fraction of sp³-hybridized carbons (Fsp3) is 0.0600. The predicted octanol–water partition coefficient (Wildman–Crippen LogP) is 12.9. The molecule has 9 aromatic carbocycles. The molecule has 9 rings (SSSR count). The lowest BCUT2D eigenvalue weighted by atomic mass is 9.83. The Morgan fingerprint density at radius 2 is 1.00 bits per heavy atom. The number of benzene rings is 9. The largest absolute Gasteiger partial charge is 0.283 e. The first-order valence-corrected chi connectivity index (χ1v) is 17.8. The normalized spacial score (nSPS) is 12.5. The van der Waals surface area contributed by atoms with Crippen molar-refractivity contribution >= 4 is 48.8 Å². The molecule has 51 heavy (non-hydrogen) atoms. The molecule has 242 valence electrons. The van der Waals surface area contributed by atoms with Crippen molar-refractivity contribution in [3.8, 4) is 11.1 Å². The SMILES string of the molecule is Cc1ccccc1/C(=N\CC(c1ccc(-c2cc3ccccc3c3ccccc23)cc1)c1c2ccccc2cc2ccccc12)c1ccccc1. The van der Waals surface area contributed by atoms with E-state index >= 15 is 0 Å². The van der Waals surface area contributed by atoms with E-state index in [1.807, 2.05) is 0 Å². The van der Waals surface area contributed by atoms with Gasteiger partial charge in [-0.05, 0) is 90.0 Å². The van der Waals surface area contributed by atoms with Gasteiger partial charge in [-0.15, -0.1) is 0 Å². The molecule has 1 heteroatoms. The molecule has 0 aliphatic rings. The van der Waals surface area contributed by atoms with E-state index in [4.69, 9.17) is 4.99 Å². The van der Waals surface area contributed by atoms with Crippen LogP contribution in [0.25, 0.3) is 54.2 Å². The van der Waals surface area contributed by atoms with Crippen LogP contribution < -0.4 is 0 Å². The van der Waals surface area contributed by atoms with Gasteiger partial charge in [0, 0.05) is 17.0 Å². The molecule has 0 heterocycles. The summed E-state index contributed by atoms with van der Waals surface area (Å²) in [5.41, 5.74) is 9.61. The van der Waals surface area contributed by atoms with Crippen molar-refractivity contribution in [2.24, 2.45) is 4.99 Å². The highest BCUT2D eigenvalue weighted by molar-refractivity contribution is 6.14. The van der Waals surface area contributed by atoms with E-state index in [9.17, 15) is 0 Å². The van der Waals surface area contributed by atoms with E-state index in [2.05, 4.69) is 195 Å². The van der Waals surface area contributed by atoms with E-state index in [1.165, 1.54) is 76.5 Å². The highest BCUT2D eigenvalue weighted by Crippen LogP contribution is 2.40. The molecule has 0 N–H and O–H groups in total. The lowest BCUT2D eigenvalue weighted by Gasteiger charge is -2.22. The zero-order valence-corrected chi connectivity index (χ0v) is 28.6. The fourth-order valence-electron chi connectivity index (χ4n) is 7.92. The highest BCUT2D eigenvalue weighted by Gasteiger charge is 2.22. The third kappa shape index (κ3) is 5.67. The van der Waals surface area contributed by atoms with Crippen molar-refractivity contribution in [1.29, 1.82) is 0 Å². The summed E-state index contributed by atoms with van der Waals surface area (Å²) in [5.74, 6) is 0.0196. The van der Waals surface area contributed by atoms with Gasteiger partial charge in [0.2, 0.25) is 0 Å². The molecule has 1 unspecified atom stereocenters. The highest BCUT2D eigenvalue weighted by atomic mass is 14.7. The summed E-state index contributed by atoms with van der Waals surface area (Å²) < 4.78 is 0. The van der Waals surface area contributed by atoms with Crippen molar-refractivity contribution in [1.82, 2.24) is 0 Å². The summed E-state index contributed by atoms with van der Waals surface area (Å²) in [4.78, 5) is 5.56. The Kier molecular flexibility index (Phi) is 7.95. The number of aryl methyl sites for hydroxylation is 1. The number of rotatable bonds is 7. The van der Waals surface area contributed by atoms with Crippen LogP contribution in [0.15, 0.2) is 193 Å². The topological polar surface area (TPSA) is 12.4 Å². The number of hydrogen-bond donors (Lipinski definition) is 0. The Morgan fingerprint density at radius 3 is 1.67 bits per heavy atom. The maximum Gasteiger partial charge on any atom is 0.0721 e. The molecule has 1 atom stereocenters. The van der Waals surface area contributed by atoms with Gasteiger partial charge in [-0.1, -0.05) is 176 Å². The second-order valence-electron chi connectivity index (χ2n) is 13.5. The minimum Gasteiger partial charge on any atom is -0.283 e. The van der Waals surface area contributed by atoms with Gasteiger partial charge >= 0.3 is 0 Å². The monoisotopic (exact) mass is 651 g/mol. The summed E-state index contributed by atoms with van der Waals surface area (Å²) in [6.07, 6.45) is 0. The first kappa shape index (κ1) is 30.7. The van der Waals surface area contributed by atoms with Crippen LogP contribution in [0.4, 0.5) is 0 Å². The standard InChI is InChI=1S/C50H37N/c1-34-15-5-9-21-41(34)50(37-16-3-2-4-17-37)51-33-48(49-43-23-11-7-18-38(43)31-39-19-8-12-24-44(39)49)36-29-27-35(28-30-36)47-32-40-20-6-10-22-42(40)45-25-13-14-26-46(45)47/h2-32,48H,33H2,1H3/b51-50-. The molecule has 0 spiro atoms. The van der Waals surface area contributed by atoms with Crippen LogP contribution in [0, 0.1) is 6.92 Å². The van der Waals surface area contributed by atoms with Gasteiger partial charge in [-0.3, -0.25) is 4.99 Å². The molecule has 0 radical (unpaired) electrons. The molecule has 1 nitrogen and oxygen atoms in total. The van der Waals surface area contributed by atoms with Gasteiger partial charge in [-0.2, -0.15) is 0 Å². The van der Waals surface area contributed by atoms with Crippen molar-refractivity contribution < 1.29 is 0 Å². The molecular formula is C50H37N. The second kappa shape index (κ2) is 13.2. The zero-order chi connectivity index (χ0) is 34.1. The van der Waals surface area contributed by atoms with Gasteiger partial charge in [0.25, 0.3) is 0 Å². The van der Waals surface area contributed by atoms with Crippen molar-refractivity contribution in [2.75, 3.05) is 6.54 Å². The second-order valence-corrected chi connectivity index (χ2v) is 13.5. The first-order valence-electron chi connectivity index (χ1n) is 17.8. The summed E-state index contributed by atoms with van der Waals surface area (Å²) in [5, 5.41) is 10.2. The predicted molar refractivity (Wildman–Crippen MR) is 218 cm³/mol. The van der Waals surface area contributed by atoms with Gasteiger partial charge < -0.3 is 0 Å². The van der Waals surface area contributed by atoms with Crippen molar-refractivity contribution in [2.45, 2.75) is 12.8 Å². The van der Waals surface area contributed by atoms with Gasteiger partial charge in [0.15, 0.2) is 0 Å². The third-order valence-corrected chi connectivity index (χ3v) is 10.4. The van der Waals surface area contributed by atoms with Gasteiger partial charge in [0.05, 0.1) is 12.3 Å². The molecule has 0 aliphatic carbocycles. The minimum absolute atomic E-state index is 0.0196. The zero-order valence-electron chi connectivity index (χ0n) is 28.6. The van der Waals surface area contributed by atoms with Crippen LogP contribution >= 0.6 is 0 Å². The maximum absolute atomic E-state index is 5.56. The third-order valence-electron chi connectivity index (χ3n) is 10.4. The quantitative estimate of drug-likeness (QED) is 0.0924. The number of aliphatic imine (C=N–C) groups is 1. The summed E-state index contributed by atoms with van der Waals surface area (Å²) >= 11 is 0. The summed E-state index contributed by atoms with van der Waals surface area (Å²) in [6, 6.07) is 68.4. The Hall–Kier alpha value is -6.31. The van der Waals surface area contributed by atoms with Crippen LogP contribution in [0.5, 0.6) is 0 Å². The lowest BCUT2D eigenvalue weighted by Crippen LogP contribution is -2.12. The Balaban J connectivity index is 1.24. The van der Waals surface area contributed by atoms with Gasteiger partial charge in [-0.25, -0.2) is 0 Å². The number of hydrogen-bond acceptors (Lipinski definition) is 1. The van der Waals surface area contributed by atoms with Crippen molar-refractivity contribution in [3.63, 3.8) is 0 Å². The Labute approximate surface area is 299 Å². The van der Waals surface area contributed by atoms with E-state index in [0.29, 0.717) is 6.54 Å². The Morgan fingerprint density at radius 1 is 0.471 bits per heavy atom. The van der Waals surface area contributed by atoms with E-state index in [1.54, 1.807) is 0 Å². The lowest BCUT2D eigenvalue weighted by molar-refractivity contribution is 0.834. The molecular weight excluding hydrogens is 615 g/mol. The minimum atomic E-state index is 0.0196. The molecule has 0 aliphatic heterocycles. The maximum atomic E-state index is 5.56. The number of fused-ring (bicyclic) bond motifs is 5. The molecule has 0 bridgehead atoms. The first-order chi connectivity index (χ1) is 25.2. The summed E-state index contributed by atoms with van der Waals surface area (Å²) in [7, 11) is 0. The van der Waals surface area contributed by atoms with Crippen LogP contribution in [0.2, 0.25) is 0 Å². The molecule has 0 aromatic heterocycles.